The van der Waals surface area contributed by atoms with Gasteiger partial charge in [-0.1, -0.05) is 6.42 Å². The summed E-state index contributed by atoms with van der Waals surface area (Å²) in [6, 6.07) is 0. The highest BCUT2D eigenvalue weighted by molar-refractivity contribution is 5.85. The summed E-state index contributed by atoms with van der Waals surface area (Å²) in [4.78, 5) is 22.2. The fourth-order valence-corrected chi connectivity index (χ4v) is 1.39. The summed E-state index contributed by atoms with van der Waals surface area (Å²) in [6.45, 7) is 2.17. The first-order valence-corrected chi connectivity index (χ1v) is 4.92. The topological polar surface area (TPSA) is 43.4 Å². The van der Waals surface area contributed by atoms with Crippen LogP contribution >= 0.6 is 0 Å². The van der Waals surface area contributed by atoms with Crippen molar-refractivity contribution < 1.29 is 14.3 Å². The first kappa shape index (κ1) is 10.2. The number of hydrogen-bond donors (Lipinski definition) is 0. The first-order chi connectivity index (χ1) is 6.24. The summed E-state index contributed by atoms with van der Waals surface area (Å²) >= 11 is 0. The minimum atomic E-state index is -0.254. The highest BCUT2D eigenvalue weighted by Crippen LogP contribution is 2.28. The molecule has 1 aliphatic rings. The second-order valence-electron chi connectivity index (χ2n) is 3.40. The van der Waals surface area contributed by atoms with Crippen LogP contribution in [0.1, 0.15) is 39.0 Å². The van der Waals surface area contributed by atoms with Gasteiger partial charge in [0.2, 0.25) is 0 Å². The minimum absolute atomic E-state index is 0.235. The quantitative estimate of drug-likeness (QED) is 0.611. The average Bonchev–Trinajstić information content (AvgIpc) is 1.98. The number of rotatable bonds is 5. The number of Topliss-reactive ketones (excluding diaryl/α,β-unsaturated/α-hetero) is 1. The SMILES string of the molecule is CCOC(=O)CCC(=O)C1CCC1. The van der Waals surface area contributed by atoms with Crippen LogP contribution in [0.3, 0.4) is 0 Å². The van der Waals surface area contributed by atoms with Crippen LogP contribution in [-0.2, 0) is 14.3 Å². The van der Waals surface area contributed by atoms with Crippen molar-refractivity contribution in [2.24, 2.45) is 5.92 Å². The van der Waals surface area contributed by atoms with Crippen molar-refractivity contribution in [1.82, 2.24) is 0 Å². The molecule has 0 aromatic heterocycles. The minimum Gasteiger partial charge on any atom is -0.466 e. The van der Waals surface area contributed by atoms with Crippen LogP contribution in [0.4, 0.5) is 0 Å². The lowest BCUT2D eigenvalue weighted by atomic mass is 9.81. The van der Waals surface area contributed by atoms with Crippen molar-refractivity contribution in [2.75, 3.05) is 6.61 Å². The van der Waals surface area contributed by atoms with Gasteiger partial charge in [-0.2, -0.15) is 0 Å². The van der Waals surface area contributed by atoms with Crippen LogP contribution in [0.15, 0.2) is 0 Å². The number of esters is 1. The molecule has 0 aliphatic heterocycles. The zero-order valence-corrected chi connectivity index (χ0v) is 8.04. The fourth-order valence-electron chi connectivity index (χ4n) is 1.39. The molecule has 0 aromatic carbocycles. The third-order valence-corrected chi connectivity index (χ3v) is 2.44. The lowest BCUT2D eigenvalue weighted by Crippen LogP contribution is -2.22. The maximum Gasteiger partial charge on any atom is 0.306 e. The number of ketones is 1. The Morgan fingerprint density at radius 1 is 1.31 bits per heavy atom. The van der Waals surface area contributed by atoms with Gasteiger partial charge in [-0.25, -0.2) is 0 Å². The molecule has 0 amide bonds. The van der Waals surface area contributed by atoms with Crippen LogP contribution < -0.4 is 0 Å². The van der Waals surface area contributed by atoms with Gasteiger partial charge in [0.05, 0.1) is 13.0 Å². The zero-order chi connectivity index (χ0) is 9.68. The Kier molecular flexibility index (Phi) is 3.93. The first-order valence-electron chi connectivity index (χ1n) is 4.92. The Morgan fingerprint density at radius 2 is 2.00 bits per heavy atom. The second kappa shape index (κ2) is 5.00. The van der Waals surface area contributed by atoms with Gasteiger partial charge in [0.25, 0.3) is 0 Å². The monoisotopic (exact) mass is 184 g/mol. The van der Waals surface area contributed by atoms with Gasteiger partial charge in [-0.15, -0.1) is 0 Å². The molecular formula is C10H16O3. The summed E-state index contributed by atoms with van der Waals surface area (Å²) in [6.07, 6.45) is 3.81. The van der Waals surface area contributed by atoms with E-state index in [2.05, 4.69) is 0 Å². The average molecular weight is 184 g/mol. The molecule has 1 saturated carbocycles. The van der Waals surface area contributed by atoms with Crippen molar-refractivity contribution in [3.8, 4) is 0 Å². The van der Waals surface area contributed by atoms with Crippen LogP contribution in [0.5, 0.6) is 0 Å². The van der Waals surface area contributed by atoms with Gasteiger partial charge in [0.15, 0.2) is 0 Å². The molecule has 74 valence electrons. The predicted molar refractivity (Wildman–Crippen MR) is 48.2 cm³/mol. The molecule has 0 bridgehead atoms. The molecule has 1 aliphatic carbocycles. The van der Waals surface area contributed by atoms with Gasteiger partial charge in [0, 0.05) is 12.3 Å². The van der Waals surface area contributed by atoms with Crippen molar-refractivity contribution >= 4 is 11.8 Å². The second-order valence-corrected chi connectivity index (χ2v) is 3.40. The maximum atomic E-state index is 11.3. The van der Waals surface area contributed by atoms with E-state index in [4.69, 9.17) is 4.74 Å². The molecule has 1 rings (SSSR count). The van der Waals surface area contributed by atoms with E-state index in [9.17, 15) is 9.59 Å². The van der Waals surface area contributed by atoms with Gasteiger partial charge in [-0.3, -0.25) is 9.59 Å². The molecule has 13 heavy (non-hydrogen) atoms. The van der Waals surface area contributed by atoms with Crippen LogP contribution in [-0.4, -0.2) is 18.4 Å². The third-order valence-electron chi connectivity index (χ3n) is 2.44. The molecule has 0 unspecified atom stereocenters. The van der Waals surface area contributed by atoms with Gasteiger partial charge in [-0.05, 0) is 19.8 Å². The predicted octanol–water partition coefficient (Wildman–Crippen LogP) is 1.70. The van der Waals surface area contributed by atoms with Gasteiger partial charge >= 0.3 is 5.97 Å². The Labute approximate surface area is 78.5 Å². The van der Waals surface area contributed by atoms with E-state index < -0.39 is 0 Å². The van der Waals surface area contributed by atoms with Crippen molar-refractivity contribution in [2.45, 2.75) is 39.0 Å². The van der Waals surface area contributed by atoms with Gasteiger partial charge < -0.3 is 4.74 Å². The van der Waals surface area contributed by atoms with Crippen molar-refractivity contribution in [3.63, 3.8) is 0 Å². The fraction of sp³-hybridized carbons (Fsp3) is 0.800. The molecule has 0 atom stereocenters. The van der Waals surface area contributed by atoms with E-state index in [1.807, 2.05) is 0 Å². The lowest BCUT2D eigenvalue weighted by Gasteiger charge is -2.23. The van der Waals surface area contributed by atoms with E-state index in [1.54, 1.807) is 6.92 Å². The van der Waals surface area contributed by atoms with E-state index >= 15 is 0 Å². The lowest BCUT2D eigenvalue weighted by molar-refractivity contribution is -0.144. The van der Waals surface area contributed by atoms with E-state index in [1.165, 1.54) is 0 Å². The molecule has 0 N–H and O–H groups in total. The molecular weight excluding hydrogens is 168 g/mol. The van der Waals surface area contributed by atoms with Crippen molar-refractivity contribution in [3.05, 3.63) is 0 Å². The van der Waals surface area contributed by atoms with E-state index in [0.717, 1.165) is 19.3 Å². The molecule has 3 nitrogen and oxygen atoms in total. The molecule has 0 aromatic rings. The largest absolute Gasteiger partial charge is 0.466 e. The molecule has 0 radical (unpaired) electrons. The zero-order valence-electron chi connectivity index (χ0n) is 8.04. The molecule has 0 saturated heterocycles. The third kappa shape index (κ3) is 3.17. The van der Waals surface area contributed by atoms with Crippen molar-refractivity contribution in [1.29, 1.82) is 0 Å². The number of carbonyl (C=O) groups is 2. The summed E-state index contributed by atoms with van der Waals surface area (Å²) in [7, 11) is 0. The van der Waals surface area contributed by atoms with Crippen LogP contribution in [0.25, 0.3) is 0 Å². The smallest absolute Gasteiger partial charge is 0.306 e. The van der Waals surface area contributed by atoms with Crippen LogP contribution in [0.2, 0.25) is 0 Å². The summed E-state index contributed by atoms with van der Waals surface area (Å²) in [5.41, 5.74) is 0. The molecule has 1 fully saturated rings. The summed E-state index contributed by atoms with van der Waals surface area (Å²) < 4.78 is 4.73. The van der Waals surface area contributed by atoms with E-state index in [-0.39, 0.29) is 24.1 Å². The number of carbonyl (C=O) groups excluding carboxylic acids is 2. The summed E-state index contributed by atoms with van der Waals surface area (Å²) in [5, 5.41) is 0. The maximum absolute atomic E-state index is 11.3. The number of hydrogen-bond acceptors (Lipinski definition) is 3. The Hall–Kier alpha value is -0.860. The highest BCUT2D eigenvalue weighted by atomic mass is 16.5. The molecule has 0 heterocycles. The van der Waals surface area contributed by atoms with Gasteiger partial charge in [0.1, 0.15) is 5.78 Å². The molecule has 0 spiro atoms. The normalized spacial score (nSPS) is 16.4. The highest BCUT2D eigenvalue weighted by Gasteiger charge is 2.25. The van der Waals surface area contributed by atoms with Crippen LogP contribution in [0, 0.1) is 5.92 Å². The Morgan fingerprint density at radius 3 is 2.46 bits per heavy atom. The Bertz CT molecular complexity index is 194. The molecule has 3 heteroatoms. The number of ether oxygens (including phenoxy) is 1. The summed E-state index contributed by atoms with van der Waals surface area (Å²) in [5.74, 6) is 0.226. The van der Waals surface area contributed by atoms with E-state index in [0.29, 0.717) is 13.0 Å². The Balaban J connectivity index is 2.10. The standard InChI is InChI=1S/C10H16O3/c1-2-13-10(12)7-6-9(11)8-4-3-5-8/h8H,2-7H2,1H3.